The fourth-order valence-electron chi connectivity index (χ4n) is 3.37. The van der Waals surface area contributed by atoms with E-state index in [1.165, 1.54) is 77.0 Å². The minimum atomic E-state index is -3.61. The van der Waals surface area contributed by atoms with Crippen molar-refractivity contribution in [2.75, 3.05) is 6.61 Å². The first kappa shape index (κ1) is 27.1. The molecule has 1 rings (SSSR count). The Labute approximate surface area is 174 Å². The number of aryl methyl sites for hydroxylation is 1. The molecule has 0 atom stereocenters. The second-order valence-electron chi connectivity index (χ2n) is 7.64. The lowest BCUT2D eigenvalue weighted by atomic mass is 10.0. The molecule has 0 aliphatic carbocycles. The maximum atomic E-state index is 12.2. The molecule has 0 aliphatic heterocycles. The van der Waals surface area contributed by atoms with Gasteiger partial charge in [-0.1, -0.05) is 109 Å². The highest BCUT2D eigenvalue weighted by Gasteiger charge is 2.16. The van der Waals surface area contributed by atoms with Crippen molar-refractivity contribution < 1.29 is 12.6 Å². The average Bonchev–Trinajstić information content (AvgIpc) is 2.65. The minimum absolute atomic E-state index is 0. The minimum Gasteiger partial charge on any atom is -0.344 e. The van der Waals surface area contributed by atoms with Gasteiger partial charge in [0.05, 0.1) is 11.5 Å². The molecule has 0 heterocycles. The zero-order valence-electron chi connectivity index (χ0n) is 18.3. The predicted octanol–water partition coefficient (Wildman–Crippen LogP) is 7.34. The van der Waals surface area contributed by atoms with Crippen LogP contribution in [0.1, 0.15) is 102 Å². The summed E-state index contributed by atoms with van der Waals surface area (Å²) < 4.78 is 29.5. The van der Waals surface area contributed by atoms with Crippen molar-refractivity contribution in [3.05, 3.63) is 29.8 Å². The SMILES string of the molecule is CCCCCCCCCCCCCCCCOS(=O)(=O)c1ccccc1C.N. The molecule has 1 aromatic rings. The zero-order valence-corrected chi connectivity index (χ0v) is 19.1. The van der Waals surface area contributed by atoms with Gasteiger partial charge in [-0.3, -0.25) is 4.18 Å². The van der Waals surface area contributed by atoms with Gasteiger partial charge in [-0.25, -0.2) is 0 Å². The third-order valence-electron chi connectivity index (χ3n) is 5.10. The standard InChI is InChI=1S/C23H40O3S.H3N/c1-3-4-5-6-7-8-9-10-11-12-13-14-15-18-21-26-27(24,25)23-20-17-16-19-22(23)2;/h16-17,19-20H,3-15,18,21H2,1-2H3;1H3. The fraction of sp³-hybridized carbons (Fsp3) is 0.739. The second-order valence-corrected chi connectivity index (χ2v) is 9.22. The molecule has 0 bridgehead atoms. The van der Waals surface area contributed by atoms with Gasteiger partial charge in [0.15, 0.2) is 0 Å². The largest absolute Gasteiger partial charge is 0.344 e. The number of unbranched alkanes of at least 4 members (excludes halogenated alkanes) is 13. The number of rotatable bonds is 17. The molecule has 0 saturated carbocycles. The van der Waals surface area contributed by atoms with Crippen LogP contribution in [0, 0.1) is 6.92 Å². The van der Waals surface area contributed by atoms with E-state index in [2.05, 4.69) is 6.92 Å². The molecular formula is C23H43NO3S. The van der Waals surface area contributed by atoms with Crippen LogP contribution in [0.25, 0.3) is 0 Å². The van der Waals surface area contributed by atoms with E-state index in [-0.39, 0.29) is 17.7 Å². The second kappa shape index (κ2) is 17.0. The van der Waals surface area contributed by atoms with Crippen LogP contribution in [0.2, 0.25) is 0 Å². The van der Waals surface area contributed by atoms with E-state index in [0.29, 0.717) is 0 Å². The maximum absolute atomic E-state index is 12.2. The molecule has 1 aromatic carbocycles. The molecule has 4 nitrogen and oxygen atoms in total. The predicted molar refractivity (Wildman–Crippen MR) is 120 cm³/mol. The van der Waals surface area contributed by atoms with Crippen LogP contribution in [0.3, 0.4) is 0 Å². The summed E-state index contributed by atoms with van der Waals surface area (Å²) in [5, 5.41) is 0. The van der Waals surface area contributed by atoms with Crippen LogP contribution in [0.4, 0.5) is 0 Å². The Hall–Kier alpha value is -0.910. The highest BCUT2D eigenvalue weighted by atomic mass is 32.2. The molecule has 28 heavy (non-hydrogen) atoms. The Balaban J connectivity index is 0.00000729. The van der Waals surface area contributed by atoms with Crippen molar-refractivity contribution in [3.63, 3.8) is 0 Å². The summed E-state index contributed by atoms with van der Waals surface area (Å²) in [4.78, 5) is 0.287. The van der Waals surface area contributed by atoms with Crippen molar-refractivity contribution in [2.45, 2.75) is 109 Å². The molecule has 0 unspecified atom stereocenters. The van der Waals surface area contributed by atoms with E-state index in [4.69, 9.17) is 4.18 Å². The van der Waals surface area contributed by atoms with E-state index in [0.717, 1.165) is 18.4 Å². The van der Waals surface area contributed by atoms with Crippen LogP contribution in [-0.4, -0.2) is 15.0 Å². The Morgan fingerprint density at radius 2 is 1.14 bits per heavy atom. The Morgan fingerprint density at radius 1 is 0.714 bits per heavy atom. The molecular weight excluding hydrogens is 370 g/mol. The number of hydrogen-bond acceptors (Lipinski definition) is 4. The van der Waals surface area contributed by atoms with Crippen molar-refractivity contribution in [3.8, 4) is 0 Å². The lowest BCUT2D eigenvalue weighted by Crippen LogP contribution is -2.09. The van der Waals surface area contributed by atoms with E-state index >= 15 is 0 Å². The fourth-order valence-corrected chi connectivity index (χ4v) is 4.54. The van der Waals surface area contributed by atoms with Gasteiger partial charge < -0.3 is 6.15 Å². The van der Waals surface area contributed by atoms with Crippen molar-refractivity contribution >= 4 is 10.1 Å². The van der Waals surface area contributed by atoms with Gasteiger partial charge in [-0.05, 0) is 25.0 Å². The zero-order chi connectivity index (χ0) is 19.8. The molecule has 0 aliphatic rings. The van der Waals surface area contributed by atoms with Crippen LogP contribution in [0.5, 0.6) is 0 Å². The normalized spacial score (nSPS) is 11.4. The molecule has 3 N–H and O–H groups in total. The van der Waals surface area contributed by atoms with E-state index in [1.807, 2.05) is 6.07 Å². The van der Waals surface area contributed by atoms with Gasteiger partial charge in [-0.15, -0.1) is 0 Å². The van der Waals surface area contributed by atoms with Gasteiger partial charge in [0.1, 0.15) is 0 Å². The Kier molecular flexibility index (Phi) is 16.4. The molecule has 0 radical (unpaired) electrons. The van der Waals surface area contributed by atoms with Gasteiger partial charge in [0, 0.05) is 0 Å². The summed E-state index contributed by atoms with van der Waals surface area (Å²) in [7, 11) is -3.61. The van der Waals surface area contributed by atoms with Gasteiger partial charge in [0.2, 0.25) is 0 Å². The first-order valence-corrected chi connectivity index (χ1v) is 12.4. The molecule has 0 amide bonds. The molecule has 0 spiro atoms. The highest BCUT2D eigenvalue weighted by molar-refractivity contribution is 7.86. The van der Waals surface area contributed by atoms with Gasteiger partial charge in [-0.2, -0.15) is 8.42 Å². The van der Waals surface area contributed by atoms with Crippen molar-refractivity contribution in [1.82, 2.24) is 6.15 Å². The lowest BCUT2D eigenvalue weighted by molar-refractivity contribution is 0.306. The topological polar surface area (TPSA) is 78.4 Å². The lowest BCUT2D eigenvalue weighted by Gasteiger charge is -2.08. The quantitative estimate of drug-likeness (QED) is 0.214. The average molecular weight is 414 g/mol. The van der Waals surface area contributed by atoms with Crippen LogP contribution >= 0.6 is 0 Å². The van der Waals surface area contributed by atoms with E-state index in [1.54, 1.807) is 25.1 Å². The maximum Gasteiger partial charge on any atom is 0.297 e. The highest BCUT2D eigenvalue weighted by Crippen LogP contribution is 2.18. The number of benzene rings is 1. The van der Waals surface area contributed by atoms with Gasteiger partial charge in [0.25, 0.3) is 10.1 Å². The Bertz CT molecular complexity index is 587. The monoisotopic (exact) mass is 413 g/mol. The number of hydrogen-bond donors (Lipinski definition) is 1. The van der Waals surface area contributed by atoms with E-state index < -0.39 is 10.1 Å². The van der Waals surface area contributed by atoms with Crippen LogP contribution in [-0.2, 0) is 14.3 Å². The van der Waals surface area contributed by atoms with Crippen LogP contribution < -0.4 is 6.15 Å². The Morgan fingerprint density at radius 3 is 1.61 bits per heavy atom. The molecule has 0 saturated heterocycles. The summed E-state index contributed by atoms with van der Waals surface area (Å²) in [6.07, 6.45) is 18.0. The molecule has 164 valence electrons. The van der Waals surface area contributed by atoms with Gasteiger partial charge >= 0.3 is 0 Å². The van der Waals surface area contributed by atoms with Crippen molar-refractivity contribution in [1.29, 1.82) is 0 Å². The molecule has 0 aromatic heterocycles. The van der Waals surface area contributed by atoms with Crippen molar-refractivity contribution in [2.24, 2.45) is 0 Å². The first-order valence-electron chi connectivity index (χ1n) is 11.0. The molecule has 5 heteroatoms. The van der Waals surface area contributed by atoms with E-state index in [9.17, 15) is 8.42 Å². The summed E-state index contributed by atoms with van der Waals surface area (Å²) >= 11 is 0. The summed E-state index contributed by atoms with van der Waals surface area (Å²) in [6, 6.07) is 6.97. The smallest absolute Gasteiger partial charge is 0.297 e. The summed E-state index contributed by atoms with van der Waals surface area (Å²) in [5.41, 5.74) is 0.735. The molecule has 0 fully saturated rings. The summed E-state index contributed by atoms with van der Waals surface area (Å²) in [6.45, 7) is 4.35. The first-order chi connectivity index (χ1) is 13.1. The third-order valence-corrected chi connectivity index (χ3v) is 6.57. The van der Waals surface area contributed by atoms with Crippen LogP contribution in [0.15, 0.2) is 29.2 Å². The third kappa shape index (κ3) is 12.5. The summed E-state index contributed by atoms with van der Waals surface area (Å²) in [5.74, 6) is 0.